The third kappa shape index (κ3) is 5.60. The number of hydrazine groups is 1. The minimum absolute atomic E-state index is 0.0661. The highest BCUT2D eigenvalue weighted by Gasteiger charge is 2.14. The molecule has 26 heavy (non-hydrogen) atoms. The molecule has 0 bridgehead atoms. The quantitative estimate of drug-likeness (QED) is 0.574. The van der Waals surface area contributed by atoms with Gasteiger partial charge < -0.3 is 4.74 Å². The number of ether oxygens (including phenoxy) is 1. The predicted molar refractivity (Wildman–Crippen MR) is 95.3 cm³/mol. The van der Waals surface area contributed by atoms with Crippen LogP contribution in [-0.4, -0.2) is 24.7 Å². The van der Waals surface area contributed by atoms with Crippen molar-refractivity contribution in [2.24, 2.45) is 0 Å². The molecule has 0 aromatic heterocycles. The van der Waals surface area contributed by atoms with Crippen molar-refractivity contribution in [3.05, 3.63) is 58.6 Å². The van der Waals surface area contributed by atoms with E-state index in [9.17, 15) is 18.4 Å². The Morgan fingerprint density at radius 2 is 1.88 bits per heavy atom. The van der Waals surface area contributed by atoms with Gasteiger partial charge in [-0.15, -0.1) is 11.8 Å². The van der Waals surface area contributed by atoms with E-state index in [4.69, 9.17) is 16.3 Å². The lowest BCUT2D eigenvalue weighted by atomic mass is 10.2. The number of thioether (sulfide) groups is 1. The molecule has 0 saturated heterocycles. The number of halogens is 3. The topological polar surface area (TPSA) is 67.4 Å². The highest BCUT2D eigenvalue weighted by Crippen LogP contribution is 2.22. The van der Waals surface area contributed by atoms with E-state index < -0.39 is 23.4 Å². The van der Waals surface area contributed by atoms with Crippen molar-refractivity contribution in [1.29, 1.82) is 0 Å². The summed E-state index contributed by atoms with van der Waals surface area (Å²) in [6.45, 7) is 0. The summed E-state index contributed by atoms with van der Waals surface area (Å²) in [6, 6.07) is 8.04. The summed E-state index contributed by atoms with van der Waals surface area (Å²) in [4.78, 5) is 24.4. The smallest absolute Gasteiger partial charge is 0.273 e. The molecule has 0 aliphatic carbocycles. The Labute approximate surface area is 158 Å². The van der Waals surface area contributed by atoms with Crippen LogP contribution in [0.25, 0.3) is 0 Å². The highest BCUT2D eigenvalue weighted by atomic mass is 35.5. The van der Waals surface area contributed by atoms with E-state index in [1.807, 2.05) is 0 Å². The van der Waals surface area contributed by atoms with Crippen LogP contribution < -0.4 is 15.6 Å². The fourth-order valence-corrected chi connectivity index (χ4v) is 2.99. The molecule has 9 heteroatoms. The van der Waals surface area contributed by atoms with Gasteiger partial charge in [0.2, 0.25) is 5.91 Å². The molecule has 5 nitrogen and oxygen atoms in total. The summed E-state index contributed by atoms with van der Waals surface area (Å²) < 4.78 is 31.0. The summed E-state index contributed by atoms with van der Waals surface area (Å²) in [6.07, 6.45) is 0.0661. The number of hydrogen-bond acceptors (Lipinski definition) is 4. The molecule has 2 aromatic carbocycles. The van der Waals surface area contributed by atoms with Crippen LogP contribution in [0.2, 0.25) is 5.02 Å². The third-order valence-electron chi connectivity index (χ3n) is 3.21. The number of hydrogen-bond donors (Lipinski definition) is 2. The summed E-state index contributed by atoms with van der Waals surface area (Å²) in [5.74, 6) is -2.24. The number of nitrogens with one attached hydrogen (secondary N) is 2. The summed E-state index contributed by atoms with van der Waals surface area (Å²) in [5, 5.41) is 0.352. The Bertz CT molecular complexity index is 821. The highest BCUT2D eigenvalue weighted by molar-refractivity contribution is 7.99. The molecule has 0 atom stereocenters. The lowest BCUT2D eigenvalue weighted by Crippen LogP contribution is -2.41. The molecule has 0 saturated carbocycles. The van der Waals surface area contributed by atoms with E-state index in [2.05, 4.69) is 10.9 Å². The van der Waals surface area contributed by atoms with Crippen molar-refractivity contribution in [2.45, 2.75) is 11.3 Å². The molecule has 2 amide bonds. The van der Waals surface area contributed by atoms with E-state index in [1.165, 1.54) is 37.1 Å². The standard InChI is InChI=1S/C17H15ClF2N2O3S/c1-25-15-5-2-10(18)8-12(15)17(24)22-21-16(23)6-7-26-11-3-4-13(19)14(20)9-11/h2-5,8-9H,6-7H2,1H3,(H,21,23)(H,22,24). The predicted octanol–water partition coefficient (Wildman–Crippen LogP) is 3.57. The minimum atomic E-state index is -0.942. The third-order valence-corrected chi connectivity index (χ3v) is 4.44. The number of carbonyl (C=O) groups excluding carboxylic acids is 2. The van der Waals surface area contributed by atoms with Crippen LogP contribution in [0, 0.1) is 11.6 Å². The molecule has 0 spiro atoms. The monoisotopic (exact) mass is 400 g/mol. The Balaban J connectivity index is 1.80. The van der Waals surface area contributed by atoms with Gasteiger partial charge >= 0.3 is 0 Å². The van der Waals surface area contributed by atoms with E-state index in [0.717, 1.165) is 12.1 Å². The number of rotatable bonds is 6. The average Bonchev–Trinajstić information content (AvgIpc) is 2.62. The van der Waals surface area contributed by atoms with Crippen molar-refractivity contribution in [3.8, 4) is 5.75 Å². The zero-order valence-electron chi connectivity index (χ0n) is 13.6. The normalized spacial score (nSPS) is 10.3. The number of amides is 2. The van der Waals surface area contributed by atoms with Gasteiger partial charge in [0, 0.05) is 22.1 Å². The molecule has 2 aromatic rings. The summed E-state index contributed by atoms with van der Waals surface area (Å²) >= 11 is 7.05. The Kier molecular flexibility index (Phi) is 7.23. The van der Waals surface area contributed by atoms with Crippen LogP contribution in [0.5, 0.6) is 5.75 Å². The fourth-order valence-electron chi connectivity index (χ4n) is 1.94. The van der Waals surface area contributed by atoms with Gasteiger partial charge in [0.25, 0.3) is 5.91 Å². The van der Waals surface area contributed by atoms with E-state index in [0.29, 0.717) is 21.4 Å². The van der Waals surface area contributed by atoms with Gasteiger partial charge in [-0.1, -0.05) is 11.6 Å². The first-order valence-electron chi connectivity index (χ1n) is 7.41. The van der Waals surface area contributed by atoms with Crippen molar-refractivity contribution in [3.63, 3.8) is 0 Å². The number of carbonyl (C=O) groups is 2. The second-order valence-electron chi connectivity index (χ2n) is 5.02. The van der Waals surface area contributed by atoms with Crippen molar-refractivity contribution in [1.82, 2.24) is 10.9 Å². The molecule has 0 fully saturated rings. The fraction of sp³-hybridized carbons (Fsp3) is 0.176. The SMILES string of the molecule is COc1ccc(Cl)cc1C(=O)NNC(=O)CCSc1ccc(F)c(F)c1. The average molecular weight is 401 g/mol. The van der Waals surface area contributed by atoms with Gasteiger partial charge in [0.05, 0.1) is 12.7 Å². The molecule has 0 radical (unpaired) electrons. The molecular formula is C17H15ClF2N2O3S. The van der Waals surface area contributed by atoms with Crippen LogP contribution >= 0.6 is 23.4 Å². The second-order valence-corrected chi connectivity index (χ2v) is 6.63. The van der Waals surface area contributed by atoms with E-state index in [1.54, 1.807) is 6.07 Å². The first-order valence-corrected chi connectivity index (χ1v) is 8.77. The van der Waals surface area contributed by atoms with Crippen LogP contribution in [0.3, 0.4) is 0 Å². The molecule has 2 rings (SSSR count). The second kappa shape index (κ2) is 9.40. The molecule has 0 heterocycles. The first-order chi connectivity index (χ1) is 12.4. The molecule has 0 aliphatic rings. The maximum atomic E-state index is 13.1. The molecule has 2 N–H and O–H groups in total. The zero-order valence-corrected chi connectivity index (χ0v) is 15.2. The Hall–Kier alpha value is -2.32. The maximum Gasteiger partial charge on any atom is 0.273 e. The Morgan fingerprint density at radius 3 is 2.58 bits per heavy atom. The zero-order chi connectivity index (χ0) is 19.1. The van der Waals surface area contributed by atoms with Crippen LogP contribution in [-0.2, 0) is 4.79 Å². The molecule has 138 valence electrons. The largest absolute Gasteiger partial charge is 0.496 e. The Morgan fingerprint density at radius 1 is 1.12 bits per heavy atom. The van der Waals surface area contributed by atoms with Gasteiger partial charge in [0.15, 0.2) is 11.6 Å². The molecule has 0 aliphatic heterocycles. The van der Waals surface area contributed by atoms with Crippen LogP contribution in [0.15, 0.2) is 41.3 Å². The van der Waals surface area contributed by atoms with Crippen molar-refractivity contribution >= 4 is 35.2 Å². The van der Waals surface area contributed by atoms with Crippen molar-refractivity contribution in [2.75, 3.05) is 12.9 Å². The molecule has 0 unspecified atom stereocenters. The summed E-state index contributed by atoms with van der Waals surface area (Å²) in [7, 11) is 1.41. The minimum Gasteiger partial charge on any atom is -0.496 e. The maximum absolute atomic E-state index is 13.1. The number of benzene rings is 2. The first kappa shape index (κ1) is 20.0. The number of methoxy groups -OCH3 is 1. The van der Waals surface area contributed by atoms with Gasteiger partial charge in [0.1, 0.15) is 5.75 Å². The van der Waals surface area contributed by atoms with Gasteiger partial charge in [-0.2, -0.15) is 0 Å². The van der Waals surface area contributed by atoms with Gasteiger partial charge in [-0.25, -0.2) is 8.78 Å². The lowest BCUT2D eigenvalue weighted by Gasteiger charge is -2.10. The van der Waals surface area contributed by atoms with Crippen LogP contribution in [0.4, 0.5) is 8.78 Å². The van der Waals surface area contributed by atoms with Crippen LogP contribution in [0.1, 0.15) is 16.8 Å². The van der Waals surface area contributed by atoms with Crippen molar-refractivity contribution < 1.29 is 23.1 Å². The van der Waals surface area contributed by atoms with E-state index >= 15 is 0 Å². The summed E-state index contributed by atoms with van der Waals surface area (Å²) in [5.41, 5.74) is 4.72. The van der Waals surface area contributed by atoms with Gasteiger partial charge in [-0.3, -0.25) is 20.4 Å². The lowest BCUT2D eigenvalue weighted by molar-refractivity contribution is -0.121. The van der Waals surface area contributed by atoms with E-state index in [-0.39, 0.29) is 12.0 Å². The van der Waals surface area contributed by atoms with Gasteiger partial charge in [-0.05, 0) is 36.4 Å². The molecular weight excluding hydrogens is 386 g/mol.